The molecule has 7 nitrogen and oxygen atoms in total. The Kier molecular flexibility index (Phi) is 3.87. The molecule has 23 heavy (non-hydrogen) atoms. The van der Waals surface area contributed by atoms with Gasteiger partial charge in [0.2, 0.25) is 0 Å². The topological polar surface area (TPSA) is 107 Å². The van der Waals surface area contributed by atoms with Crippen LogP contribution in [-0.4, -0.2) is 25.4 Å². The number of carbonyl (C=O) groups excluding carboxylic acids is 1. The minimum Gasteiger partial charge on any atom is -0.364 e. The van der Waals surface area contributed by atoms with Gasteiger partial charge in [0.1, 0.15) is 5.52 Å². The highest BCUT2D eigenvalue weighted by atomic mass is 35.5. The molecule has 0 radical (unpaired) electrons. The molecule has 8 heteroatoms. The average Bonchev–Trinajstić information content (AvgIpc) is 2.83. The lowest BCUT2D eigenvalue weighted by Gasteiger charge is -2.06. The summed E-state index contributed by atoms with van der Waals surface area (Å²) >= 11 is 6.18. The van der Waals surface area contributed by atoms with Gasteiger partial charge < -0.3 is 10.7 Å². The van der Waals surface area contributed by atoms with E-state index in [9.17, 15) is 9.59 Å². The Morgan fingerprint density at radius 3 is 2.74 bits per heavy atom. The molecule has 0 atom stereocenters. The van der Waals surface area contributed by atoms with Gasteiger partial charge >= 0.3 is 5.69 Å². The molecule has 2 aromatic heterocycles. The van der Waals surface area contributed by atoms with E-state index in [1.807, 2.05) is 6.92 Å². The Morgan fingerprint density at radius 2 is 2.09 bits per heavy atom. The molecule has 0 unspecified atom stereocenters. The number of amides is 1. The van der Waals surface area contributed by atoms with Gasteiger partial charge in [-0.15, -0.1) is 0 Å². The van der Waals surface area contributed by atoms with Gasteiger partial charge in [0, 0.05) is 12.1 Å². The van der Waals surface area contributed by atoms with Gasteiger partial charge in [0.15, 0.2) is 17.2 Å². The minimum atomic E-state index is -0.740. The van der Waals surface area contributed by atoms with Gasteiger partial charge in [-0.1, -0.05) is 30.7 Å². The number of hydrogen-bond acceptors (Lipinski definition) is 4. The lowest BCUT2D eigenvalue weighted by atomic mass is 10.2. The van der Waals surface area contributed by atoms with Gasteiger partial charge in [-0.25, -0.2) is 14.8 Å². The van der Waals surface area contributed by atoms with Gasteiger partial charge in [0.05, 0.1) is 5.02 Å². The second-order valence-corrected chi connectivity index (χ2v) is 5.43. The fourth-order valence-corrected chi connectivity index (χ4v) is 2.62. The smallest absolute Gasteiger partial charge is 0.327 e. The van der Waals surface area contributed by atoms with Crippen LogP contribution >= 0.6 is 11.6 Å². The van der Waals surface area contributed by atoms with Crippen molar-refractivity contribution in [1.82, 2.24) is 19.5 Å². The molecular weight excluding hydrogens is 318 g/mol. The van der Waals surface area contributed by atoms with Crippen molar-refractivity contribution in [2.75, 3.05) is 0 Å². The molecule has 0 aliphatic heterocycles. The molecule has 3 N–H and O–H groups in total. The highest BCUT2D eigenvalue weighted by Crippen LogP contribution is 2.26. The maximum absolute atomic E-state index is 12.1. The number of H-pyrrole nitrogens is 1. The molecule has 0 aliphatic rings. The van der Waals surface area contributed by atoms with Crippen LogP contribution in [0.3, 0.4) is 0 Å². The van der Waals surface area contributed by atoms with Crippen molar-refractivity contribution in [1.29, 1.82) is 0 Å². The standard InChI is InChI=1S/C15H14ClN5O2/c1-2-7-21-14-11(19-15(21)23)10(12(17)22)18-13(20-14)8-5-3-4-6-9(8)16/h3-6H,2,7H2,1H3,(H2,17,22)(H,19,23). The maximum atomic E-state index is 12.1. The number of benzene rings is 1. The van der Waals surface area contributed by atoms with E-state index >= 15 is 0 Å². The van der Waals surface area contributed by atoms with Crippen molar-refractivity contribution in [2.45, 2.75) is 19.9 Å². The quantitative estimate of drug-likeness (QED) is 0.761. The molecule has 3 aromatic rings. The van der Waals surface area contributed by atoms with Crippen molar-refractivity contribution >= 4 is 28.7 Å². The van der Waals surface area contributed by atoms with Crippen LogP contribution in [0.1, 0.15) is 23.8 Å². The number of nitrogens with one attached hydrogen (secondary N) is 1. The number of rotatable bonds is 4. The number of nitrogens with zero attached hydrogens (tertiary/aromatic N) is 3. The normalized spacial score (nSPS) is 11.0. The van der Waals surface area contributed by atoms with Crippen molar-refractivity contribution in [3.05, 3.63) is 45.5 Å². The Morgan fingerprint density at radius 1 is 1.35 bits per heavy atom. The molecule has 0 bridgehead atoms. The SMILES string of the molecule is CCCn1c(=O)[nH]c2c(C(N)=O)nc(-c3ccccc3Cl)nc21. The van der Waals surface area contributed by atoms with E-state index < -0.39 is 5.91 Å². The Labute approximate surface area is 136 Å². The number of aromatic nitrogens is 4. The highest BCUT2D eigenvalue weighted by Gasteiger charge is 2.19. The summed E-state index contributed by atoms with van der Waals surface area (Å²) in [4.78, 5) is 35.0. The number of imidazole rings is 1. The third-order valence-electron chi connectivity index (χ3n) is 3.42. The Bertz CT molecular complexity index is 960. The van der Waals surface area contributed by atoms with Crippen molar-refractivity contribution in [3.8, 4) is 11.4 Å². The molecular formula is C15H14ClN5O2. The molecule has 2 heterocycles. The van der Waals surface area contributed by atoms with E-state index in [0.29, 0.717) is 22.8 Å². The third-order valence-corrected chi connectivity index (χ3v) is 3.75. The first-order valence-electron chi connectivity index (χ1n) is 7.08. The molecule has 1 aromatic carbocycles. The highest BCUT2D eigenvalue weighted by molar-refractivity contribution is 6.33. The first-order chi connectivity index (χ1) is 11.0. The average molecular weight is 332 g/mol. The van der Waals surface area contributed by atoms with E-state index in [-0.39, 0.29) is 22.7 Å². The van der Waals surface area contributed by atoms with Crippen LogP contribution in [0.2, 0.25) is 5.02 Å². The second-order valence-electron chi connectivity index (χ2n) is 5.02. The van der Waals surface area contributed by atoms with Crippen LogP contribution in [-0.2, 0) is 6.54 Å². The maximum Gasteiger partial charge on any atom is 0.327 e. The lowest BCUT2D eigenvalue weighted by Crippen LogP contribution is -2.16. The minimum absolute atomic E-state index is 0.0307. The molecule has 0 spiro atoms. The van der Waals surface area contributed by atoms with Gasteiger partial charge in [-0.3, -0.25) is 9.36 Å². The molecule has 0 fully saturated rings. The summed E-state index contributed by atoms with van der Waals surface area (Å²) in [5.74, 6) is -0.489. The zero-order valence-corrected chi connectivity index (χ0v) is 13.1. The molecule has 0 aliphatic carbocycles. The van der Waals surface area contributed by atoms with E-state index in [2.05, 4.69) is 15.0 Å². The largest absolute Gasteiger partial charge is 0.364 e. The molecule has 3 rings (SSSR count). The summed E-state index contributed by atoms with van der Waals surface area (Å²) in [6, 6.07) is 7.01. The summed E-state index contributed by atoms with van der Waals surface area (Å²) < 4.78 is 1.46. The number of carbonyl (C=O) groups is 1. The van der Waals surface area contributed by atoms with Gasteiger partial charge in [-0.05, 0) is 18.6 Å². The van der Waals surface area contributed by atoms with Crippen LogP contribution in [0.4, 0.5) is 0 Å². The van der Waals surface area contributed by atoms with Crippen molar-refractivity contribution in [3.63, 3.8) is 0 Å². The number of halogens is 1. The number of primary amides is 1. The van der Waals surface area contributed by atoms with Crippen LogP contribution in [0, 0.1) is 0 Å². The first kappa shape index (κ1) is 15.2. The predicted molar refractivity (Wildman–Crippen MR) is 87.4 cm³/mol. The fraction of sp³-hybridized carbons (Fsp3) is 0.200. The summed E-state index contributed by atoms with van der Waals surface area (Å²) in [6.45, 7) is 2.41. The summed E-state index contributed by atoms with van der Waals surface area (Å²) in [5.41, 5.74) is 6.17. The summed E-state index contributed by atoms with van der Waals surface area (Å²) in [6.07, 6.45) is 0.740. The predicted octanol–water partition coefficient (Wildman–Crippen LogP) is 1.95. The van der Waals surface area contributed by atoms with Crippen LogP contribution < -0.4 is 11.4 Å². The van der Waals surface area contributed by atoms with Crippen LogP contribution in [0.25, 0.3) is 22.6 Å². The van der Waals surface area contributed by atoms with E-state index in [4.69, 9.17) is 17.3 Å². The zero-order chi connectivity index (χ0) is 16.6. The van der Waals surface area contributed by atoms with E-state index in [0.717, 1.165) is 6.42 Å². The van der Waals surface area contributed by atoms with E-state index in [1.165, 1.54) is 4.57 Å². The van der Waals surface area contributed by atoms with Crippen LogP contribution in [0.5, 0.6) is 0 Å². The first-order valence-corrected chi connectivity index (χ1v) is 7.46. The Balaban J connectivity index is 2.37. The van der Waals surface area contributed by atoms with Crippen molar-refractivity contribution in [2.24, 2.45) is 5.73 Å². The van der Waals surface area contributed by atoms with Crippen molar-refractivity contribution < 1.29 is 4.79 Å². The lowest BCUT2D eigenvalue weighted by molar-refractivity contribution is 0.0997. The Hall–Kier alpha value is -2.67. The zero-order valence-electron chi connectivity index (χ0n) is 12.3. The molecule has 0 saturated carbocycles. The van der Waals surface area contributed by atoms with E-state index in [1.54, 1.807) is 24.3 Å². The third kappa shape index (κ3) is 2.59. The number of aromatic amines is 1. The number of hydrogen-bond donors (Lipinski definition) is 2. The monoisotopic (exact) mass is 331 g/mol. The molecule has 1 amide bonds. The molecule has 0 saturated heterocycles. The number of aryl methyl sites for hydroxylation is 1. The molecule has 118 valence electrons. The van der Waals surface area contributed by atoms with Gasteiger partial charge in [-0.2, -0.15) is 0 Å². The van der Waals surface area contributed by atoms with Gasteiger partial charge in [0.25, 0.3) is 5.91 Å². The second kappa shape index (κ2) is 5.85. The van der Waals surface area contributed by atoms with Crippen LogP contribution in [0.15, 0.2) is 29.1 Å². The summed E-state index contributed by atoms with van der Waals surface area (Å²) in [7, 11) is 0. The fourth-order valence-electron chi connectivity index (χ4n) is 2.40. The number of nitrogens with two attached hydrogens (primary N) is 1. The number of fused-ring (bicyclic) bond motifs is 1. The summed E-state index contributed by atoms with van der Waals surface area (Å²) in [5, 5.41) is 0.446.